The summed E-state index contributed by atoms with van der Waals surface area (Å²) in [6.45, 7) is 0. The van der Waals surface area contributed by atoms with Crippen molar-refractivity contribution in [2.75, 3.05) is 0 Å². The Balaban J connectivity index is 3.63. The minimum Gasteiger partial charge on any atom is -0.259 e. The monoisotopic (exact) mass is 239 g/mol. The normalized spacial score (nSPS) is 11.0. The molecule has 0 aliphatic heterocycles. The minimum absolute atomic E-state index is 0.173. The minimum atomic E-state index is -0.790. The number of aromatic amines is 2. The number of hydrogen-bond acceptors (Lipinski definition) is 3. The number of H-pyrrole nitrogens is 2. The zero-order valence-corrected chi connectivity index (χ0v) is 7.64. The van der Waals surface area contributed by atoms with Gasteiger partial charge in [-0.1, -0.05) is 0 Å². The van der Waals surface area contributed by atoms with Crippen molar-refractivity contribution < 1.29 is 0 Å². The average Bonchev–Trinajstić information content (AvgIpc) is 1.85. The van der Waals surface area contributed by atoms with E-state index in [4.69, 9.17) is 0 Å². The first-order chi connectivity index (χ1) is 5.15. The first-order valence-corrected chi connectivity index (χ1v) is 5.68. The summed E-state index contributed by atoms with van der Waals surface area (Å²) in [6, 6.07) is 0. The van der Waals surface area contributed by atoms with E-state index < -0.39 is 17.1 Å². The molecule has 0 aliphatic carbocycles. The molecule has 2 N–H and O–H groups in total. The molecule has 0 bridgehead atoms. The maximum Gasteiger partial charge on any atom is 0.337 e. The fourth-order valence-electron chi connectivity index (χ4n) is 0.506. The highest BCUT2D eigenvalue weighted by molar-refractivity contribution is 9.36. The summed E-state index contributed by atoms with van der Waals surface area (Å²) in [5.41, 5.74) is -2.22. The van der Waals surface area contributed by atoms with Crippen LogP contribution in [0.5, 0.6) is 0 Å². The summed E-state index contributed by atoms with van der Waals surface area (Å²) < 4.78 is 0.835. The molecule has 0 radical (unpaired) electrons. The van der Waals surface area contributed by atoms with Crippen LogP contribution >= 0.6 is 22.9 Å². The summed E-state index contributed by atoms with van der Waals surface area (Å²) in [5, 5.41) is 0. The molecule has 1 rings (SSSR count). The second-order valence-corrected chi connectivity index (χ2v) is 3.29. The standard InChI is InChI=1S/C3H3BrN3O3P/c4-11-7-2(9)5-1(8)6-3(7)10/h11H,(H2,5,6,8,9,10). The van der Waals surface area contributed by atoms with E-state index in [0.717, 1.165) is 4.34 Å². The Morgan fingerprint density at radius 1 is 1.18 bits per heavy atom. The number of rotatable bonds is 1. The first kappa shape index (κ1) is 8.42. The molecule has 0 saturated heterocycles. The van der Waals surface area contributed by atoms with E-state index in [0.29, 0.717) is 0 Å². The largest absolute Gasteiger partial charge is 0.337 e. The number of nitrogens with one attached hydrogen (secondary N) is 2. The Hall–Kier alpha value is -0.680. The lowest BCUT2D eigenvalue weighted by Gasteiger charge is -1.93. The molecular formula is C3H3BrN3O3P. The molecule has 0 saturated carbocycles. The van der Waals surface area contributed by atoms with E-state index in [1.54, 1.807) is 0 Å². The third-order valence-corrected chi connectivity index (χ3v) is 2.57. The molecule has 0 spiro atoms. The lowest BCUT2D eigenvalue weighted by molar-refractivity contribution is 0.851. The van der Waals surface area contributed by atoms with Crippen molar-refractivity contribution in [3.63, 3.8) is 0 Å². The van der Waals surface area contributed by atoms with Gasteiger partial charge in [-0.05, 0) is 15.5 Å². The van der Waals surface area contributed by atoms with E-state index in [1.807, 2.05) is 9.97 Å². The molecule has 0 amide bonds. The van der Waals surface area contributed by atoms with Crippen LogP contribution in [0.4, 0.5) is 0 Å². The molecular weight excluding hydrogens is 237 g/mol. The topological polar surface area (TPSA) is 87.7 Å². The van der Waals surface area contributed by atoms with Gasteiger partial charge in [0.15, 0.2) is 0 Å². The third-order valence-electron chi connectivity index (χ3n) is 0.932. The Kier molecular flexibility index (Phi) is 2.41. The van der Waals surface area contributed by atoms with E-state index in [2.05, 4.69) is 15.5 Å². The van der Waals surface area contributed by atoms with Crippen LogP contribution in [0, 0.1) is 0 Å². The molecule has 1 unspecified atom stereocenters. The fraction of sp³-hybridized carbons (Fsp3) is 0. The summed E-state index contributed by atoms with van der Waals surface area (Å²) in [6.07, 6.45) is 0. The lowest BCUT2D eigenvalue weighted by atomic mass is 11.0. The SMILES string of the molecule is O=c1[nH]c(=O)n(PBr)c(=O)[nH]1. The predicted molar refractivity (Wildman–Crippen MR) is 44.6 cm³/mol. The molecule has 60 valence electrons. The highest BCUT2D eigenvalue weighted by Crippen LogP contribution is 2.15. The van der Waals surface area contributed by atoms with Crippen molar-refractivity contribution >= 4 is 22.9 Å². The first-order valence-electron chi connectivity index (χ1n) is 2.47. The Morgan fingerprint density at radius 3 is 2.00 bits per heavy atom. The lowest BCUT2D eigenvalue weighted by Crippen LogP contribution is -2.39. The van der Waals surface area contributed by atoms with Crippen LogP contribution in [0.3, 0.4) is 0 Å². The van der Waals surface area contributed by atoms with Gasteiger partial charge in [0.2, 0.25) is 0 Å². The van der Waals surface area contributed by atoms with Crippen LogP contribution in [-0.4, -0.2) is 14.3 Å². The predicted octanol–water partition coefficient (Wildman–Crippen LogP) is -1.02. The summed E-state index contributed by atoms with van der Waals surface area (Å²) in [7, 11) is -0.173. The third kappa shape index (κ3) is 1.66. The smallest absolute Gasteiger partial charge is 0.259 e. The summed E-state index contributed by atoms with van der Waals surface area (Å²) in [4.78, 5) is 35.8. The summed E-state index contributed by atoms with van der Waals surface area (Å²) >= 11 is 2.93. The van der Waals surface area contributed by atoms with Gasteiger partial charge < -0.3 is 0 Å². The van der Waals surface area contributed by atoms with Crippen LogP contribution < -0.4 is 17.1 Å². The Bertz CT molecular complexity index is 383. The highest BCUT2D eigenvalue weighted by atomic mass is 79.9. The van der Waals surface area contributed by atoms with Gasteiger partial charge in [0.25, 0.3) is 0 Å². The van der Waals surface area contributed by atoms with Crippen molar-refractivity contribution in [1.82, 2.24) is 14.3 Å². The van der Waals surface area contributed by atoms with Crippen LogP contribution in [0.1, 0.15) is 0 Å². The van der Waals surface area contributed by atoms with Crippen molar-refractivity contribution in [3.05, 3.63) is 31.5 Å². The Morgan fingerprint density at radius 2 is 1.64 bits per heavy atom. The van der Waals surface area contributed by atoms with Gasteiger partial charge in [-0.2, -0.15) is 0 Å². The van der Waals surface area contributed by atoms with Gasteiger partial charge in [-0.15, -0.1) is 0 Å². The van der Waals surface area contributed by atoms with Crippen LogP contribution in [0.25, 0.3) is 0 Å². The molecule has 1 atom stereocenters. The van der Waals surface area contributed by atoms with Gasteiger partial charge in [0, 0.05) is 0 Å². The van der Waals surface area contributed by atoms with Crippen LogP contribution in [0.2, 0.25) is 0 Å². The van der Waals surface area contributed by atoms with E-state index in [9.17, 15) is 14.4 Å². The van der Waals surface area contributed by atoms with Gasteiger partial charge in [0.05, 0.1) is 7.43 Å². The average molecular weight is 240 g/mol. The van der Waals surface area contributed by atoms with Crippen molar-refractivity contribution in [3.8, 4) is 0 Å². The van der Waals surface area contributed by atoms with Gasteiger partial charge in [-0.25, -0.2) is 18.7 Å². The molecule has 11 heavy (non-hydrogen) atoms. The molecule has 8 heteroatoms. The maximum atomic E-state index is 10.8. The van der Waals surface area contributed by atoms with Crippen molar-refractivity contribution in [1.29, 1.82) is 0 Å². The number of nitrogens with zero attached hydrogens (tertiary/aromatic N) is 1. The molecule has 1 aromatic rings. The van der Waals surface area contributed by atoms with Gasteiger partial charge in [0.1, 0.15) is 0 Å². The molecule has 1 aromatic heterocycles. The molecule has 6 nitrogen and oxygen atoms in total. The number of aromatic nitrogens is 3. The molecule has 0 fully saturated rings. The quantitative estimate of drug-likeness (QED) is 0.615. The van der Waals surface area contributed by atoms with E-state index in [-0.39, 0.29) is 7.43 Å². The molecule has 0 aliphatic rings. The molecule has 0 aromatic carbocycles. The second-order valence-electron chi connectivity index (χ2n) is 1.61. The van der Waals surface area contributed by atoms with Gasteiger partial charge in [-0.3, -0.25) is 9.97 Å². The summed E-state index contributed by atoms with van der Waals surface area (Å²) in [5.74, 6) is 0. The fourth-order valence-corrected chi connectivity index (χ4v) is 1.74. The zero-order valence-electron chi connectivity index (χ0n) is 5.05. The van der Waals surface area contributed by atoms with Crippen molar-refractivity contribution in [2.45, 2.75) is 0 Å². The molecule has 1 heterocycles. The Labute approximate surface area is 69.2 Å². The zero-order chi connectivity index (χ0) is 8.43. The van der Waals surface area contributed by atoms with Crippen LogP contribution in [-0.2, 0) is 0 Å². The van der Waals surface area contributed by atoms with Crippen molar-refractivity contribution in [2.24, 2.45) is 0 Å². The van der Waals surface area contributed by atoms with Gasteiger partial charge >= 0.3 is 17.1 Å². The van der Waals surface area contributed by atoms with E-state index >= 15 is 0 Å². The highest BCUT2D eigenvalue weighted by Gasteiger charge is 1.98. The van der Waals surface area contributed by atoms with Crippen LogP contribution in [0.15, 0.2) is 14.4 Å². The second kappa shape index (κ2) is 3.15. The number of halogens is 1. The van der Waals surface area contributed by atoms with E-state index in [1.165, 1.54) is 0 Å². The maximum absolute atomic E-state index is 10.8. The number of hydrogen-bond donors (Lipinski definition) is 2.